The van der Waals surface area contributed by atoms with Crippen LogP contribution in [0.15, 0.2) is 42.5 Å². The van der Waals surface area contributed by atoms with Crippen LogP contribution < -0.4 is 10.6 Å². The van der Waals surface area contributed by atoms with Gasteiger partial charge >= 0.3 is 0 Å². The standard InChI is InChI=1S/C16H15FN2/c1-19(2)16-6-4-3-5-12(16)7-8-13-11-14(17)9-10-15(13)18/h3-6,9-11H,18H2,1-2H3. The summed E-state index contributed by atoms with van der Waals surface area (Å²) in [5, 5.41) is 0. The number of benzene rings is 2. The lowest BCUT2D eigenvalue weighted by atomic mass is 10.1. The highest BCUT2D eigenvalue weighted by atomic mass is 19.1. The van der Waals surface area contributed by atoms with Crippen LogP contribution >= 0.6 is 0 Å². The molecule has 0 spiro atoms. The summed E-state index contributed by atoms with van der Waals surface area (Å²) in [6.07, 6.45) is 0. The molecule has 0 atom stereocenters. The van der Waals surface area contributed by atoms with Gasteiger partial charge in [0.25, 0.3) is 0 Å². The van der Waals surface area contributed by atoms with Crippen molar-refractivity contribution in [2.24, 2.45) is 0 Å². The molecule has 0 saturated heterocycles. The smallest absolute Gasteiger partial charge is 0.124 e. The molecule has 19 heavy (non-hydrogen) atoms. The van der Waals surface area contributed by atoms with Gasteiger partial charge in [-0.3, -0.25) is 0 Å². The van der Waals surface area contributed by atoms with Crippen molar-refractivity contribution in [3.8, 4) is 11.8 Å². The molecule has 0 unspecified atom stereocenters. The van der Waals surface area contributed by atoms with Crippen LogP contribution in [0.3, 0.4) is 0 Å². The van der Waals surface area contributed by atoms with E-state index in [4.69, 9.17) is 5.73 Å². The number of halogens is 1. The van der Waals surface area contributed by atoms with Crippen LogP contribution in [0.5, 0.6) is 0 Å². The van der Waals surface area contributed by atoms with Gasteiger partial charge in [-0.15, -0.1) is 0 Å². The van der Waals surface area contributed by atoms with E-state index in [2.05, 4.69) is 11.8 Å². The van der Waals surface area contributed by atoms with Crippen LogP contribution in [0.4, 0.5) is 15.8 Å². The number of nitrogen functional groups attached to an aromatic ring is 1. The second-order valence-electron chi connectivity index (χ2n) is 4.39. The maximum atomic E-state index is 13.1. The predicted molar refractivity (Wildman–Crippen MR) is 77.6 cm³/mol. The van der Waals surface area contributed by atoms with Crippen molar-refractivity contribution in [3.05, 3.63) is 59.4 Å². The minimum atomic E-state index is -0.334. The average molecular weight is 254 g/mol. The van der Waals surface area contributed by atoms with E-state index in [0.29, 0.717) is 11.3 Å². The Morgan fingerprint density at radius 3 is 2.42 bits per heavy atom. The van der Waals surface area contributed by atoms with Crippen LogP contribution in [0.1, 0.15) is 11.1 Å². The first kappa shape index (κ1) is 13.0. The molecule has 2 nitrogen and oxygen atoms in total. The van der Waals surface area contributed by atoms with E-state index < -0.39 is 0 Å². The predicted octanol–water partition coefficient (Wildman–Crippen LogP) is 2.87. The lowest BCUT2D eigenvalue weighted by Crippen LogP contribution is -2.10. The molecule has 96 valence electrons. The zero-order valence-corrected chi connectivity index (χ0v) is 10.9. The van der Waals surface area contributed by atoms with Crippen LogP contribution in [0.2, 0.25) is 0 Å². The molecule has 0 aliphatic carbocycles. The first-order valence-electron chi connectivity index (χ1n) is 5.91. The zero-order valence-electron chi connectivity index (χ0n) is 10.9. The van der Waals surface area contributed by atoms with Crippen LogP contribution in [0.25, 0.3) is 0 Å². The van der Waals surface area contributed by atoms with Gasteiger partial charge in [-0.1, -0.05) is 24.0 Å². The second kappa shape index (κ2) is 5.45. The van der Waals surface area contributed by atoms with Crippen LogP contribution in [-0.4, -0.2) is 14.1 Å². The number of para-hydroxylation sites is 1. The van der Waals surface area contributed by atoms with Crippen molar-refractivity contribution in [3.63, 3.8) is 0 Å². The normalized spacial score (nSPS) is 9.63. The summed E-state index contributed by atoms with van der Waals surface area (Å²) in [6.45, 7) is 0. The molecule has 2 rings (SSSR count). The summed E-state index contributed by atoms with van der Waals surface area (Å²) in [5.41, 5.74) is 8.67. The number of hydrogen-bond donors (Lipinski definition) is 1. The molecule has 0 aliphatic heterocycles. The lowest BCUT2D eigenvalue weighted by molar-refractivity contribution is 0.627. The third-order valence-corrected chi connectivity index (χ3v) is 2.73. The summed E-state index contributed by atoms with van der Waals surface area (Å²) in [6, 6.07) is 12.0. The summed E-state index contributed by atoms with van der Waals surface area (Å²) in [5.74, 6) is 5.63. The van der Waals surface area contributed by atoms with Gasteiger partial charge in [0.1, 0.15) is 5.82 Å². The Bertz CT molecular complexity index is 651. The molecular weight excluding hydrogens is 239 g/mol. The van der Waals surface area contributed by atoms with Gasteiger partial charge in [0, 0.05) is 25.3 Å². The average Bonchev–Trinajstić information content (AvgIpc) is 2.40. The molecular formula is C16H15FN2. The van der Waals surface area contributed by atoms with Crippen molar-refractivity contribution >= 4 is 11.4 Å². The Hall–Kier alpha value is -2.47. The van der Waals surface area contributed by atoms with Gasteiger partial charge in [-0.2, -0.15) is 0 Å². The summed E-state index contributed by atoms with van der Waals surface area (Å²) < 4.78 is 13.1. The first-order valence-corrected chi connectivity index (χ1v) is 5.91. The van der Waals surface area contributed by atoms with E-state index in [9.17, 15) is 4.39 Å². The number of hydrogen-bond acceptors (Lipinski definition) is 2. The molecule has 0 amide bonds. The fourth-order valence-corrected chi connectivity index (χ4v) is 1.74. The molecule has 2 N–H and O–H groups in total. The Labute approximate surface area is 112 Å². The largest absolute Gasteiger partial charge is 0.398 e. The molecule has 0 heterocycles. The fraction of sp³-hybridized carbons (Fsp3) is 0.125. The summed E-state index contributed by atoms with van der Waals surface area (Å²) in [4.78, 5) is 1.99. The van der Waals surface area contributed by atoms with E-state index in [-0.39, 0.29) is 5.82 Å². The monoisotopic (exact) mass is 254 g/mol. The SMILES string of the molecule is CN(C)c1ccccc1C#Cc1cc(F)ccc1N. The van der Waals surface area contributed by atoms with Gasteiger partial charge in [0.15, 0.2) is 0 Å². The van der Waals surface area contributed by atoms with Crippen molar-refractivity contribution in [1.82, 2.24) is 0 Å². The third kappa shape index (κ3) is 3.05. The van der Waals surface area contributed by atoms with Crippen LogP contribution in [0, 0.1) is 17.7 Å². The number of nitrogens with two attached hydrogens (primary N) is 1. The number of nitrogens with zero attached hydrogens (tertiary/aromatic N) is 1. The lowest BCUT2D eigenvalue weighted by Gasteiger charge is -2.13. The fourth-order valence-electron chi connectivity index (χ4n) is 1.74. The highest BCUT2D eigenvalue weighted by Gasteiger charge is 2.01. The maximum Gasteiger partial charge on any atom is 0.124 e. The minimum Gasteiger partial charge on any atom is -0.398 e. The minimum absolute atomic E-state index is 0.334. The quantitative estimate of drug-likeness (QED) is 0.626. The highest BCUT2D eigenvalue weighted by Crippen LogP contribution is 2.17. The molecule has 2 aromatic carbocycles. The van der Waals surface area contributed by atoms with E-state index >= 15 is 0 Å². The third-order valence-electron chi connectivity index (χ3n) is 2.73. The molecule has 0 radical (unpaired) electrons. The van der Waals surface area contributed by atoms with Gasteiger partial charge in [0.05, 0.1) is 11.3 Å². The molecule has 0 saturated carbocycles. The Balaban J connectivity index is 2.42. The van der Waals surface area contributed by atoms with E-state index in [1.54, 1.807) is 0 Å². The molecule has 0 bridgehead atoms. The van der Waals surface area contributed by atoms with Crippen molar-refractivity contribution in [2.75, 3.05) is 24.7 Å². The van der Waals surface area contributed by atoms with Gasteiger partial charge in [0.2, 0.25) is 0 Å². The zero-order chi connectivity index (χ0) is 13.8. The van der Waals surface area contributed by atoms with Gasteiger partial charge < -0.3 is 10.6 Å². The molecule has 0 aliphatic rings. The molecule has 0 aromatic heterocycles. The van der Waals surface area contributed by atoms with E-state index in [0.717, 1.165) is 11.3 Å². The van der Waals surface area contributed by atoms with Gasteiger partial charge in [-0.25, -0.2) is 4.39 Å². The van der Waals surface area contributed by atoms with Gasteiger partial charge in [-0.05, 0) is 30.3 Å². The molecule has 0 fully saturated rings. The Kier molecular flexibility index (Phi) is 3.72. The first-order chi connectivity index (χ1) is 9.08. The number of anilines is 2. The van der Waals surface area contributed by atoms with Crippen molar-refractivity contribution in [2.45, 2.75) is 0 Å². The van der Waals surface area contributed by atoms with E-state index in [1.807, 2.05) is 43.3 Å². The summed E-state index contributed by atoms with van der Waals surface area (Å²) >= 11 is 0. The Morgan fingerprint density at radius 1 is 1.00 bits per heavy atom. The summed E-state index contributed by atoms with van der Waals surface area (Å²) in [7, 11) is 3.91. The second-order valence-corrected chi connectivity index (χ2v) is 4.39. The topological polar surface area (TPSA) is 29.3 Å². The van der Waals surface area contributed by atoms with Crippen molar-refractivity contribution in [1.29, 1.82) is 0 Å². The Morgan fingerprint density at radius 2 is 1.68 bits per heavy atom. The maximum absolute atomic E-state index is 13.1. The van der Waals surface area contributed by atoms with Crippen molar-refractivity contribution < 1.29 is 4.39 Å². The molecule has 2 aromatic rings. The molecule has 3 heteroatoms. The van der Waals surface area contributed by atoms with Crippen LogP contribution in [-0.2, 0) is 0 Å². The highest BCUT2D eigenvalue weighted by molar-refractivity contribution is 5.63. The number of rotatable bonds is 1. The van der Waals surface area contributed by atoms with E-state index in [1.165, 1.54) is 18.2 Å².